The number of hydrogen-bond donors (Lipinski definition) is 3. The number of aromatic amines is 2. The molecule has 0 spiro atoms. The van der Waals surface area contributed by atoms with E-state index in [2.05, 4.69) is 19.9 Å². The van der Waals surface area contributed by atoms with Crippen LogP contribution in [-0.2, 0) is 17.8 Å². The van der Waals surface area contributed by atoms with Crippen LogP contribution in [0, 0.1) is 11.6 Å². The lowest BCUT2D eigenvalue weighted by Crippen LogP contribution is -2.29. The van der Waals surface area contributed by atoms with Crippen molar-refractivity contribution in [2.45, 2.75) is 20.0 Å². The first kappa shape index (κ1) is 35.8. The van der Waals surface area contributed by atoms with Crippen molar-refractivity contribution in [2.24, 2.45) is 0 Å². The fourth-order valence-corrected chi connectivity index (χ4v) is 6.08. The van der Waals surface area contributed by atoms with Gasteiger partial charge in [0.25, 0.3) is 22.9 Å². The number of H-pyrrole nitrogens is 2. The van der Waals surface area contributed by atoms with Gasteiger partial charge in [-0.3, -0.25) is 38.2 Å². The number of aromatic hydroxyl groups is 1. The van der Waals surface area contributed by atoms with Crippen LogP contribution in [0.2, 0.25) is 0 Å². The number of fused-ring (bicyclic) bond motifs is 4. The van der Waals surface area contributed by atoms with Crippen molar-refractivity contribution >= 4 is 50.8 Å². The minimum Gasteiger partial charge on any atom is -0.505 e. The Balaban J connectivity index is 0.000000172. The van der Waals surface area contributed by atoms with Gasteiger partial charge in [-0.05, 0) is 42.3 Å². The lowest BCUT2D eigenvalue weighted by atomic mass is 10.0. The van der Waals surface area contributed by atoms with E-state index < -0.39 is 68.1 Å². The zero-order valence-corrected chi connectivity index (χ0v) is 28.2. The second kappa shape index (κ2) is 14.1. The van der Waals surface area contributed by atoms with Crippen LogP contribution in [0.3, 0.4) is 0 Å². The average molecular weight is 751 g/mol. The first-order valence-corrected chi connectivity index (χ1v) is 16.2. The third-order valence-electron chi connectivity index (χ3n) is 8.59. The predicted octanol–water partition coefficient (Wildman–Crippen LogP) is 3.32. The fourth-order valence-electron chi connectivity index (χ4n) is 6.08. The van der Waals surface area contributed by atoms with E-state index in [1.54, 1.807) is 6.92 Å². The second-order valence-electron chi connectivity index (χ2n) is 11.9. The minimum absolute atomic E-state index is 0.0201. The first-order chi connectivity index (χ1) is 26.4. The molecule has 7 aromatic rings. The van der Waals surface area contributed by atoms with E-state index >= 15 is 0 Å². The molecule has 8 rings (SSSR count). The smallest absolute Gasteiger partial charge is 0.505 e. The van der Waals surface area contributed by atoms with Gasteiger partial charge in [-0.2, -0.15) is 0 Å². The molecule has 1 aliphatic heterocycles. The standard InChI is InChI=1S/C20H14FN3O6.C17H10FN3O4/c1-2-29-20(28)30-17-13-12(16(25)14-15(17)23-8-7-22-14)18(26)24(19(13)27)9-10-3-5-11(21)6-4-10;18-9-3-1-8(2-4-9)7-21-16(24)10-11(17(21)25)15(23)13-12(14(10)22)19-5-6-20-13/h3-8,25H,2,9H2,1H3;1-6,19-20H,7H2. The van der Waals surface area contributed by atoms with E-state index in [1.165, 1.54) is 73.3 Å². The Kier molecular flexibility index (Phi) is 9.15. The molecule has 0 unspecified atom stereocenters. The molecule has 0 saturated carbocycles. The number of amides is 2. The Morgan fingerprint density at radius 1 is 0.727 bits per heavy atom. The van der Waals surface area contributed by atoms with E-state index in [0.717, 1.165) is 9.47 Å². The van der Waals surface area contributed by atoms with Crippen molar-refractivity contribution in [3.8, 4) is 11.5 Å². The van der Waals surface area contributed by atoms with Gasteiger partial charge in [-0.25, -0.2) is 23.5 Å². The Labute approximate surface area is 304 Å². The average Bonchev–Trinajstić information content (AvgIpc) is 3.58. The Bertz CT molecular complexity index is 2870. The van der Waals surface area contributed by atoms with E-state index in [4.69, 9.17) is 9.47 Å². The maximum absolute atomic E-state index is 13.2. The molecule has 4 aromatic carbocycles. The van der Waals surface area contributed by atoms with Crippen LogP contribution in [0.5, 0.6) is 11.5 Å². The number of carbonyl (C=O) groups excluding carboxylic acids is 3. The molecule has 3 aromatic heterocycles. The molecule has 18 heteroatoms. The molecule has 0 fully saturated rings. The van der Waals surface area contributed by atoms with Crippen LogP contribution in [0.4, 0.5) is 13.6 Å². The van der Waals surface area contributed by atoms with Gasteiger partial charge in [-0.1, -0.05) is 24.3 Å². The lowest BCUT2D eigenvalue weighted by Gasteiger charge is -2.14. The highest BCUT2D eigenvalue weighted by Crippen LogP contribution is 2.43. The largest absolute Gasteiger partial charge is 0.513 e. The normalized spacial score (nSPS) is 12.2. The molecule has 0 atom stereocenters. The topological polar surface area (TPSA) is 224 Å². The summed E-state index contributed by atoms with van der Waals surface area (Å²) in [4.78, 5) is 102. The summed E-state index contributed by atoms with van der Waals surface area (Å²) in [5, 5.41) is 9.76. The fraction of sp³-hybridized carbons (Fsp3) is 0.108. The quantitative estimate of drug-likeness (QED) is 0.127. The maximum Gasteiger partial charge on any atom is 0.513 e. The van der Waals surface area contributed by atoms with Crippen LogP contribution in [0.1, 0.15) is 38.8 Å². The molecule has 3 N–H and O–H groups in total. The van der Waals surface area contributed by atoms with Crippen molar-refractivity contribution < 1.29 is 37.7 Å². The summed E-state index contributed by atoms with van der Waals surface area (Å²) < 4.78 is 36.9. The van der Waals surface area contributed by atoms with Crippen molar-refractivity contribution in [3.05, 3.63) is 148 Å². The van der Waals surface area contributed by atoms with Gasteiger partial charge in [0.2, 0.25) is 10.9 Å². The molecular formula is C37H24F2N6O10. The Hall–Kier alpha value is -7.63. The third-order valence-corrected chi connectivity index (χ3v) is 8.59. The van der Waals surface area contributed by atoms with Crippen molar-refractivity contribution in [1.82, 2.24) is 29.4 Å². The highest BCUT2D eigenvalue weighted by Gasteiger charge is 2.43. The van der Waals surface area contributed by atoms with Crippen LogP contribution < -0.4 is 26.7 Å². The van der Waals surface area contributed by atoms with Gasteiger partial charge >= 0.3 is 6.16 Å². The lowest BCUT2D eigenvalue weighted by molar-refractivity contribution is 0.0640. The number of benzene rings is 4. The summed E-state index contributed by atoms with van der Waals surface area (Å²) in [6.45, 7) is 1.25. The molecule has 2 amide bonds. The van der Waals surface area contributed by atoms with Gasteiger partial charge in [-0.15, -0.1) is 0 Å². The summed E-state index contributed by atoms with van der Waals surface area (Å²) in [5.74, 6) is -3.41. The monoisotopic (exact) mass is 750 g/mol. The number of nitrogens with zero attached hydrogens (tertiary/aromatic N) is 4. The molecule has 0 bridgehead atoms. The number of ether oxygens (including phenoxy) is 2. The number of rotatable bonds is 6. The SMILES string of the molecule is CCOC(=O)Oc1c2c(c(O)c3nccnc13)C(=O)N(Cc1ccc(F)cc1)C2=O.O=c1c2[nH]cc[nH]c2c(=O)c2c(=O)n(Cc3ccc(F)cc3)c(=O)c12. The number of hydrogen-bond acceptors (Lipinski definition) is 12. The van der Waals surface area contributed by atoms with E-state index in [-0.39, 0.29) is 58.6 Å². The molecule has 276 valence electrons. The van der Waals surface area contributed by atoms with Gasteiger partial charge in [0.05, 0.1) is 19.7 Å². The highest BCUT2D eigenvalue weighted by atomic mass is 19.1. The van der Waals surface area contributed by atoms with Crippen molar-refractivity contribution in [3.63, 3.8) is 0 Å². The third kappa shape index (κ3) is 6.20. The van der Waals surface area contributed by atoms with Crippen LogP contribution >= 0.6 is 0 Å². The van der Waals surface area contributed by atoms with Crippen LogP contribution in [0.15, 0.2) is 92.5 Å². The van der Waals surface area contributed by atoms with E-state index in [9.17, 15) is 47.4 Å². The number of nitrogens with one attached hydrogen (secondary N) is 2. The van der Waals surface area contributed by atoms with Gasteiger partial charge in [0, 0.05) is 24.8 Å². The molecule has 4 heterocycles. The summed E-state index contributed by atoms with van der Waals surface area (Å²) in [6, 6.07) is 10.5. The number of halogens is 2. The Morgan fingerprint density at radius 3 is 1.75 bits per heavy atom. The summed E-state index contributed by atoms with van der Waals surface area (Å²) in [5.41, 5.74) is -3.06. The Morgan fingerprint density at radius 2 is 1.22 bits per heavy atom. The predicted molar refractivity (Wildman–Crippen MR) is 189 cm³/mol. The zero-order valence-electron chi connectivity index (χ0n) is 28.2. The van der Waals surface area contributed by atoms with Gasteiger partial charge < -0.3 is 24.5 Å². The number of phenols is 1. The number of imide groups is 1. The van der Waals surface area contributed by atoms with Crippen molar-refractivity contribution in [2.75, 3.05) is 6.61 Å². The number of aromatic nitrogens is 5. The zero-order chi connectivity index (χ0) is 39.1. The molecule has 0 radical (unpaired) electrons. The van der Waals surface area contributed by atoms with Crippen LogP contribution in [0.25, 0.3) is 32.8 Å². The van der Waals surface area contributed by atoms with Crippen molar-refractivity contribution in [1.29, 1.82) is 0 Å². The molecule has 16 nitrogen and oxygen atoms in total. The van der Waals surface area contributed by atoms with Gasteiger partial charge in [0.1, 0.15) is 55.6 Å². The molecule has 0 saturated heterocycles. The summed E-state index contributed by atoms with van der Waals surface area (Å²) in [6.07, 6.45) is 4.28. The van der Waals surface area contributed by atoms with E-state index in [1.807, 2.05) is 0 Å². The summed E-state index contributed by atoms with van der Waals surface area (Å²) in [7, 11) is 0. The first-order valence-electron chi connectivity index (χ1n) is 16.2. The van der Waals surface area contributed by atoms with Crippen LogP contribution in [-0.4, -0.2) is 59.1 Å². The summed E-state index contributed by atoms with van der Waals surface area (Å²) >= 11 is 0. The molecule has 55 heavy (non-hydrogen) atoms. The minimum atomic E-state index is -1.10. The number of phenolic OH excluding ortho intramolecular Hbond substituents is 1. The van der Waals surface area contributed by atoms with Gasteiger partial charge in [0.15, 0.2) is 11.5 Å². The molecule has 0 aliphatic carbocycles. The van der Waals surface area contributed by atoms with E-state index in [0.29, 0.717) is 11.1 Å². The number of carbonyl (C=O) groups is 3. The highest BCUT2D eigenvalue weighted by molar-refractivity contribution is 6.26. The molecular weight excluding hydrogens is 726 g/mol. The molecule has 1 aliphatic rings. The second-order valence-corrected chi connectivity index (χ2v) is 11.9. The maximum atomic E-state index is 13.2.